The second kappa shape index (κ2) is 2.59. The lowest BCUT2D eigenvalue weighted by molar-refractivity contribution is -0.117. The molecule has 1 aromatic carbocycles. The highest BCUT2D eigenvalue weighted by atomic mass is 16.2. The Balaban J connectivity index is 1.65. The van der Waals surface area contributed by atoms with E-state index in [1.54, 1.807) is 0 Å². The predicted octanol–water partition coefficient (Wildman–Crippen LogP) is 2.43. The van der Waals surface area contributed by atoms with Gasteiger partial charge in [-0.15, -0.1) is 0 Å². The van der Waals surface area contributed by atoms with Crippen LogP contribution >= 0.6 is 0 Å². The molecule has 14 heavy (non-hydrogen) atoms. The van der Waals surface area contributed by atoms with Crippen LogP contribution in [0.4, 0.5) is 5.69 Å². The molecule has 2 nitrogen and oxygen atoms in total. The Kier molecular flexibility index (Phi) is 1.49. The molecule has 1 aromatic rings. The number of anilines is 1. The molecule has 1 N–H and O–H groups in total. The summed E-state index contributed by atoms with van der Waals surface area (Å²) in [4.78, 5) is 11.7. The first-order valence-electron chi connectivity index (χ1n) is 5.16. The van der Waals surface area contributed by atoms with Crippen molar-refractivity contribution in [2.24, 2.45) is 11.3 Å². The highest BCUT2D eigenvalue weighted by Gasteiger charge is 2.65. The summed E-state index contributed by atoms with van der Waals surface area (Å²) in [6, 6.07) is 9.69. The van der Waals surface area contributed by atoms with E-state index < -0.39 is 0 Å². The number of nitrogens with one attached hydrogen (secondary N) is 1. The fraction of sp³-hybridized carbons (Fsp3) is 0.417. The van der Waals surface area contributed by atoms with Crippen molar-refractivity contribution >= 4 is 11.6 Å². The maximum Gasteiger partial charge on any atom is 0.228 e. The van der Waals surface area contributed by atoms with Crippen LogP contribution in [0.1, 0.15) is 19.3 Å². The Labute approximate surface area is 83.3 Å². The summed E-state index contributed by atoms with van der Waals surface area (Å²) in [5, 5.41) is 2.96. The van der Waals surface area contributed by atoms with Crippen molar-refractivity contribution in [2.75, 3.05) is 5.32 Å². The van der Waals surface area contributed by atoms with Crippen molar-refractivity contribution < 1.29 is 4.79 Å². The monoisotopic (exact) mass is 187 g/mol. The molecule has 2 aliphatic carbocycles. The van der Waals surface area contributed by atoms with E-state index >= 15 is 0 Å². The van der Waals surface area contributed by atoms with Crippen molar-refractivity contribution in [3.8, 4) is 0 Å². The lowest BCUT2D eigenvalue weighted by atomic mass is 10.2. The maximum absolute atomic E-state index is 11.7. The highest BCUT2D eigenvalue weighted by Crippen LogP contribution is 2.70. The van der Waals surface area contributed by atoms with Crippen LogP contribution in [0.3, 0.4) is 0 Å². The standard InChI is InChI=1S/C12H13NO/c14-11(10-8-12(10)6-7-12)13-9-4-2-1-3-5-9/h1-5,10H,6-8H2,(H,13,14). The topological polar surface area (TPSA) is 29.1 Å². The third kappa shape index (κ3) is 1.22. The molecule has 1 spiro atoms. The molecule has 0 aliphatic heterocycles. The number of hydrogen-bond donors (Lipinski definition) is 1. The molecule has 0 bridgehead atoms. The number of para-hydroxylation sites is 1. The van der Waals surface area contributed by atoms with Crippen LogP contribution in [-0.4, -0.2) is 5.91 Å². The zero-order chi connectivity index (χ0) is 9.60. The second-order valence-corrected chi connectivity index (χ2v) is 4.47. The third-order valence-corrected chi connectivity index (χ3v) is 3.44. The second-order valence-electron chi connectivity index (χ2n) is 4.47. The Morgan fingerprint density at radius 2 is 2.00 bits per heavy atom. The number of carbonyl (C=O) groups excluding carboxylic acids is 1. The van der Waals surface area contributed by atoms with Crippen molar-refractivity contribution in [3.63, 3.8) is 0 Å². The first kappa shape index (κ1) is 8.04. The van der Waals surface area contributed by atoms with Gasteiger partial charge in [-0.3, -0.25) is 4.79 Å². The summed E-state index contributed by atoms with van der Waals surface area (Å²) in [7, 11) is 0. The van der Waals surface area contributed by atoms with E-state index in [0.717, 1.165) is 12.1 Å². The van der Waals surface area contributed by atoms with Gasteiger partial charge in [-0.1, -0.05) is 18.2 Å². The molecule has 2 saturated carbocycles. The minimum Gasteiger partial charge on any atom is -0.326 e. The molecule has 72 valence electrons. The van der Waals surface area contributed by atoms with E-state index in [1.165, 1.54) is 12.8 Å². The van der Waals surface area contributed by atoms with Gasteiger partial charge in [0.05, 0.1) is 0 Å². The molecule has 2 heteroatoms. The number of hydrogen-bond acceptors (Lipinski definition) is 1. The summed E-state index contributed by atoms with van der Waals surface area (Å²) >= 11 is 0. The minimum absolute atomic E-state index is 0.216. The smallest absolute Gasteiger partial charge is 0.228 e. The Bertz CT molecular complexity index is 367. The minimum atomic E-state index is 0.216. The van der Waals surface area contributed by atoms with E-state index in [0.29, 0.717) is 11.3 Å². The fourth-order valence-corrected chi connectivity index (χ4v) is 2.18. The van der Waals surface area contributed by atoms with Crippen LogP contribution in [0.2, 0.25) is 0 Å². The van der Waals surface area contributed by atoms with E-state index in [2.05, 4.69) is 5.32 Å². The molecule has 0 aromatic heterocycles. The molecule has 0 saturated heterocycles. The SMILES string of the molecule is O=C(Nc1ccccc1)C1CC12CC2. The number of amides is 1. The third-order valence-electron chi connectivity index (χ3n) is 3.44. The van der Waals surface area contributed by atoms with Crippen molar-refractivity contribution in [3.05, 3.63) is 30.3 Å². The van der Waals surface area contributed by atoms with Crippen LogP contribution < -0.4 is 5.32 Å². The molecule has 1 amide bonds. The molecule has 2 fully saturated rings. The van der Waals surface area contributed by atoms with Gasteiger partial charge >= 0.3 is 0 Å². The lowest BCUT2D eigenvalue weighted by Gasteiger charge is -2.03. The van der Waals surface area contributed by atoms with Crippen molar-refractivity contribution in [2.45, 2.75) is 19.3 Å². The van der Waals surface area contributed by atoms with Crippen molar-refractivity contribution in [1.82, 2.24) is 0 Å². The van der Waals surface area contributed by atoms with Crippen LogP contribution in [0, 0.1) is 11.3 Å². The Morgan fingerprint density at radius 1 is 1.29 bits per heavy atom. The summed E-state index contributed by atoms with van der Waals surface area (Å²) < 4.78 is 0. The number of rotatable bonds is 2. The molecule has 1 atom stereocenters. The molecular weight excluding hydrogens is 174 g/mol. The zero-order valence-corrected chi connectivity index (χ0v) is 7.99. The summed E-state index contributed by atoms with van der Waals surface area (Å²) in [5.41, 5.74) is 1.37. The van der Waals surface area contributed by atoms with E-state index in [4.69, 9.17) is 0 Å². The molecule has 1 unspecified atom stereocenters. The van der Waals surface area contributed by atoms with Gasteiger partial charge in [-0.2, -0.15) is 0 Å². The Hall–Kier alpha value is -1.31. The van der Waals surface area contributed by atoms with Gasteiger partial charge in [0.1, 0.15) is 0 Å². The predicted molar refractivity (Wildman–Crippen MR) is 54.8 cm³/mol. The average molecular weight is 187 g/mol. The van der Waals surface area contributed by atoms with Crippen LogP contribution in [0.5, 0.6) is 0 Å². The molecule has 2 aliphatic rings. The van der Waals surface area contributed by atoms with E-state index in [9.17, 15) is 4.79 Å². The molecule has 0 radical (unpaired) electrons. The fourth-order valence-electron chi connectivity index (χ4n) is 2.18. The van der Waals surface area contributed by atoms with Gasteiger partial charge in [0.25, 0.3) is 0 Å². The summed E-state index contributed by atoms with van der Waals surface area (Å²) in [5.74, 6) is 0.524. The van der Waals surface area contributed by atoms with Crippen LogP contribution in [0.25, 0.3) is 0 Å². The lowest BCUT2D eigenvalue weighted by Crippen LogP contribution is -2.14. The van der Waals surface area contributed by atoms with Crippen LogP contribution in [-0.2, 0) is 4.79 Å². The maximum atomic E-state index is 11.7. The molecule has 3 rings (SSSR count). The summed E-state index contributed by atoms with van der Waals surface area (Å²) in [6.45, 7) is 0. The highest BCUT2D eigenvalue weighted by molar-refractivity contribution is 5.95. The van der Waals surface area contributed by atoms with Gasteiger partial charge in [0.2, 0.25) is 5.91 Å². The van der Waals surface area contributed by atoms with Gasteiger partial charge in [0, 0.05) is 11.6 Å². The first-order valence-corrected chi connectivity index (χ1v) is 5.16. The normalized spacial score (nSPS) is 25.9. The van der Waals surface area contributed by atoms with Crippen molar-refractivity contribution in [1.29, 1.82) is 0 Å². The molecule has 0 heterocycles. The van der Waals surface area contributed by atoms with Gasteiger partial charge in [-0.25, -0.2) is 0 Å². The van der Waals surface area contributed by atoms with Gasteiger partial charge in [-0.05, 0) is 36.8 Å². The number of benzene rings is 1. The van der Waals surface area contributed by atoms with Gasteiger partial charge in [0.15, 0.2) is 0 Å². The van der Waals surface area contributed by atoms with E-state index in [-0.39, 0.29) is 5.91 Å². The Morgan fingerprint density at radius 3 is 2.57 bits per heavy atom. The first-order chi connectivity index (χ1) is 6.80. The molecular formula is C12H13NO. The largest absolute Gasteiger partial charge is 0.326 e. The van der Waals surface area contributed by atoms with E-state index in [1.807, 2.05) is 30.3 Å². The summed E-state index contributed by atoms with van der Waals surface area (Å²) in [6.07, 6.45) is 3.64. The number of carbonyl (C=O) groups is 1. The zero-order valence-electron chi connectivity index (χ0n) is 7.99. The van der Waals surface area contributed by atoms with Crippen LogP contribution in [0.15, 0.2) is 30.3 Å². The average Bonchev–Trinajstić information content (AvgIpc) is 3.09. The quantitative estimate of drug-likeness (QED) is 0.757. The van der Waals surface area contributed by atoms with Gasteiger partial charge < -0.3 is 5.32 Å².